The van der Waals surface area contributed by atoms with Crippen LogP contribution in [-0.4, -0.2) is 13.1 Å². The van der Waals surface area contributed by atoms with E-state index in [-0.39, 0.29) is 0 Å². The summed E-state index contributed by atoms with van der Waals surface area (Å²) in [6.45, 7) is 11.1. The quantitative estimate of drug-likeness (QED) is 0.617. The van der Waals surface area contributed by atoms with Gasteiger partial charge in [0.15, 0.2) is 0 Å². The normalized spacial score (nSPS) is 19.4. The van der Waals surface area contributed by atoms with Gasteiger partial charge in [-0.15, -0.1) is 0 Å². The van der Waals surface area contributed by atoms with E-state index >= 15 is 0 Å². The molecule has 0 aromatic carbocycles. The fourth-order valence-electron chi connectivity index (χ4n) is 1.51. The molecular formula is C10H23N. The maximum Gasteiger partial charge on any atom is -0.00462 e. The van der Waals surface area contributed by atoms with E-state index < -0.39 is 0 Å². The standard InChI is InChI=1S/C8H17N.C2H6/c1-7(2)8-3-5-9-6-4-8;1-2/h7-9H,3-6H2,1-2H3;1-2H3. The SMILES string of the molecule is CC.CC(C)C1CCNCC1. The summed E-state index contributed by atoms with van der Waals surface area (Å²) in [6, 6.07) is 0. The summed E-state index contributed by atoms with van der Waals surface area (Å²) < 4.78 is 0. The van der Waals surface area contributed by atoms with Gasteiger partial charge in [-0.1, -0.05) is 27.7 Å². The van der Waals surface area contributed by atoms with Crippen LogP contribution in [0.15, 0.2) is 0 Å². The number of hydrogen-bond acceptors (Lipinski definition) is 1. The highest BCUT2D eigenvalue weighted by molar-refractivity contribution is 4.70. The molecule has 0 aliphatic carbocycles. The predicted octanol–water partition coefficient (Wildman–Crippen LogP) is 2.67. The first-order chi connectivity index (χ1) is 5.30. The van der Waals surface area contributed by atoms with E-state index in [1.807, 2.05) is 13.8 Å². The van der Waals surface area contributed by atoms with Crippen LogP contribution in [-0.2, 0) is 0 Å². The molecule has 0 bridgehead atoms. The maximum absolute atomic E-state index is 3.37. The van der Waals surface area contributed by atoms with E-state index in [1.54, 1.807) is 0 Å². The van der Waals surface area contributed by atoms with Gasteiger partial charge in [-0.3, -0.25) is 0 Å². The molecule has 1 N–H and O–H groups in total. The molecule has 0 spiro atoms. The van der Waals surface area contributed by atoms with Crippen LogP contribution in [0, 0.1) is 11.8 Å². The minimum atomic E-state index is 0.895. The van der Waals surface area contributed by atoms with Crippen LogP contribution in [0.5, 0.6) is 0 Å². The Kier molecular flexibility index (Phi) is 6.63. The topological polar surface area (TPSA) is 12.0 Å². The number of piperidine rings is 1. The number of hydrogen-bond donors (Lipinski definition) is 1. The molecule has 0 atom stereocenters. The second-order valence-corrected chi connectivity index (χ2v) is 3.33. The lowest BCUT2D eigenvalue weighted by molar-refractivity contribution is 0.292. The van der Waals surface area contributed by atoms with Gasteiger partial charge < -0.3 is 5.32 Å². The maximum atomic E-state index is 3.37. The lowest BCUT2D eigenvalue weighted by atomic mass is 9.87. The molecule has 11 heavy (non-hydrogen) atoms. The summed E-state index contributed by atoms with van der Waals surface area (Å²) in [6.07, 6.45) is 2.77. The summed E-state index contributed by atoms with van der Waals surface area (Å²) in [5, 5.41) is 3.37. The molecule has 1 heterocycles. The van der Waals surface area contributed by atoms with Gasteiger partial charge in [-0.2, -0.15) is 0 Å². The highest BCUT2D eigenvalue weighted by atomic mass is 14.9. The zero-order chi connectivity index (χ0) is 8.69. The third kappa shape index (κ3) is 4.41. The van der Waals surface area contributed by atoms with Gasteiger partial charge in [0.2, 0.25) is 0 Å². The smallest absolute Gasteiger partial charge is 0.00462 e. The third-order valence-electron chi connectivity index (χ3n) is 2.33. The van der Waals surface area contributed by atoms with Crippen molar-refractivity contribution in [2.45, 2.75) is 40.5 Å². The average molecular weight is 157 g/mol. The van der Waals surface area contributed by atoms with Gasteiger partial charge in [0.05, 0.1) is 0 Å². The number of nitrogens with one attached hydrogen (secondary N) is 1. The molecule has 0 aromatic heterocycles. The Labute approximate surface area is 71.6 Å². The van der Waals surface area contributed by atoms with Crippen molar-refractivity contribution in [3.8, 4) is 0 Å². The third-order valence-corrected chi connectivity index (χ3v) is 2.33. The van der Waals surface area contributed by atoms with Crippen LogP contribution in [0.2, 0.25) is 0 Å². The molecular weight excluding hydrogens is 134 g/mol. The second kappa shape index (κ2) is 6.66. The van der Waals surface area contributed by atoms with E-state index in [0.717, 1.165) is 11.8 Å². The first-order valence-corrected chi connectivity index (χ1v) is 5.01. The average Bonchev–Trinajstić information content (AvgIpc) is 2.10. The minimum absolute atomic E-state index is 0.895. The summed E-state index contributed by atoms with van der Waals surface area (Å²) in [5.74, 6) is 1.89. The van der Waals surface area contributed by atoms with Crippen molar-refractivity contribution in [3.05, 3.63) is 0 Å². The first kappa shape index (κ1) is 11.0. The molecule has 1 aliphatic rings. The fraction of sp³-hybridized carbons (Fsp3) is 1.00. The molecule has 0 saturated carbocycles. The molecule has 0 unspecified atom stereocenters. The van der Waals surface area contributed by atoms with Crippen LogP contribution >= 0.6 is 0 Å². The highest BCUT2D eigenvalue weighted by Gasteiger charge is 2.15. The number of rotatable bonds is 1. The summed E-state index contributed by atoms with van der Waals surface area (Å²) in [7, 11) is 0. The molecule has 1 heteroatoms. The zero-order valence-corrected chi connectivity index (χ0v) is 8.48. The zero-order valence-electron chi connectivity index (χ0n) is 8.48. The molecule has 0 aromatic rings. The highest BCUT2D eigenvalue weighted by Crippen LogP contribution is 2.20. The van der Waals surface area contributed by atoms with E-state index in [2.05, 4.69) is 19.2 Å². The molecule has 1 aliphatic heterocycles. The van der Waals surface area contributed by atoms with Gasteiger partial charge in [0, 0.05) is 0 Å². The second-order valence-electron chi connectivity index (χ2n) is 3.33. The van der Waals surface area contributed by atoms with Gasteiger partial charge in [0.25, 0.3) is 0 Å². The monoisotopic (exact) mass is 157 g/mol. The Balaban J connectivity index is 0.000000461. The lowest BCUT2D eigenvalue weighted by Gasteiger charge is -2.25. The molecule has 0 amide bonds. The van der Waals surface area contributed by atoms with Gasteiger partial charge in [-0.25, -0.2) is 0 Å². The van der Waals surface area contributed by atoms with E-state index in [0.29, 0.717) is 0 Å². The van der Waals surface area contributed by atoms with Crippen molar-refractivity contribution >= 4 is 0 Å². The Bertz CT molecular complexity index is 72.9. The van der Waals surface area contributed by atoms with Gasteiger partial charge in [0.1, 0.15) is 0 Å². The predicted molar refractivity (Wildman–Crippen MR) is 51.8 cm³/mol. The molecule has 1 nitrogen and oxygen atoms in total. The Hall–Kier alpha value is -0.0400. The summed E-state index contributed by atoms with van der Waals surface area (Å²) in [4.78, 5) is 0. The van der Waals surface area contributed by atoms with Crippen molar-refractivity contribution in [1.29, 1.82) is 0 Å². The first-order valence-electron chi connectivity index (χ1n) is 5.01. The van der Waals surface area contributed by atoms with Crippen LogP contribution in [0.1, 0.15) is 40.5 Å². The van der Waals surface area contributed by atoms with E-state index in [1.165, 1.54) is 25.9 Å². The van der Waals surface area contributed by atoms with Crippen LogP contribution in [0.25, 0.3) is 0 Å². The summed E-state index contributed by atoms with van der Waals surface area (Å²) >= 11 is 0. The molecule has 1 fully saturated rings. The van der Waals surface area contributed by atoms with Gasteiger partial charge in [-0.05, 0) is 37.8 Å². The Morgan fingerprint density at radius 2 is 1.55 bits per heavy atom. The Morgan fingerprint density at radius 3 is 1.82 bits per heavy atom. The Morgan fingerprint density at radius 1 is 1.09 bits per heavy atom. The van der Waals surface area contributed by atoms with Crippen molar-refractivity contribution in [1.82, 2.24) is 5.32 Å². The van der Waals surface area contributed by atoms with Crippen molar-refractivity contribution in [2.24, 2.45) is 11.8 Å². The van der Waals surface area contributed by atoms with Crippen molar-refractivity contribution in [3.63, 3.8) is 0 Å². The summed E-state index contributed by atoms with van der Waals surface area (Å²) in [5.41, 5.74) is 0. The van der Waals surface area contributed by atoms with Crippen LogP contribution in [0.4, 0.5) is 0 Å². The van der Waals surface area contributed by atoms with Crippen LogP contribution in [0.3, 0.4) is 0 Å². The molecule has 68 valence electrons. The van der Waals surface area contributed by atoms with Gasteiger partial charge >= 0.3 is 0 Å². The minimum Gasteiger partial charge on any atom is -0.317 e. The largest absolute Gasteiger partial charge is 0.317 e. The van der Waals surface area contributed by atoms with E-state index in [9.17, 15) is 0 Å². The molecule has 1 rings (SSSR count). The van der Waals surface area contributed by atoms with E-state index in [4.69, 9.17) is 0 Å². The van der Waals surface area contributed by atoms with Crippen molar-refractivity contribution in [2.75, 3.05) is 13.1 Å². The van der Waals surface area contributed by atoms with Crippen molar-refractivity contribution < 1.29 is 0 Å². The molecule has 0 radical (unpaired) electrons. The van der Waals surface area contributed by atoms with Crippen LogP contribution < -0.4 is 5.32 Å². The fourth-order valence-corrected chi connectivity index (χ4v) is 1.51. The lowest BCUT2D eigenvalue weighted by Crippen LogP contribution is -2.29. The molecule has 1 saturated heterocycles.